The quantitative estimate of drug-likeness (QED) is 0.614. The van der Waals surface area contributed by atoms with Crippen LogP contribution in [0.1, 0.15) is 40.0 Å². The molecule has 0 heterocycles. The highest BCUT2D eigenvalue weighted by Gasteiger charge is 2.31. The minimum absolute atomic E-state index is 0.768. The van der Waals surface area contributed by atoms with E-state index in [1.807, 2.05) is 6.08 Å². The van der Waals surface area contributed by atoms with Crippen molar-refractivity contribution in [3.63, 3.8) is 0 Å². The van der Waals surface area contributed by atoms with Crippen LogP contribution in [0.25, 0.3) is 0 Å². The van der Waals surface area contributed by atoms with Gasteiger partial charge >= 0.3 is 0 Å². The van der Waals surface area contributed by atoms with Crippen molar-refractivity contribution in [3.8, 4) is 0 Å². The molecule has 0 N–H and O–H groups in total. The summed E-state index contributed by atoms with van der Waals surface area (Å²) in [7, 11) is 0. The van der Waals surface area contributed by atoms with Gasteiger partial charge in [-0.1, -0.05) is 45.1 Å². The molecule has 0 heteroatoms. The minimum Gasteiger partial charge on any atom is -0.0991 e. The van der Waals surface area contributed by atoms with Gasteiger partial charge in [0.2, 0.25) is 0 Å². The first-order valence-electron chi connectivity index (χ1n) is 5.76. The molecule has 14 heavy (non-hydrogen) atoms. The van der Waals surface area contributed by atoms with Gasteiger partial charge in [-0.05, 0) is 42.7 Å². The van der Waals surface area contributed by atoms with Crippen LogP contribution in [0.2, 0.25) is 0 Å². The molecular formula is C14H22. The second kappa shape index (κ2) is 5.19. The third kappa shape index (κ3) is 2.00. The predicted molar refractivity (Wildman–Crippen MR) is 64.2 cm³/mol. The van der Waals surface area contributed by atoms with Crippen LogP contribution in [0.15, 0.2) is 36.0 Å². The molecule has 1 fully saturated rings. The maximum absolute atomic E-state index is 3.81. The Morgan fingerprint density at radius 3 is 2.50 bits per heavy atom. The fourth-order valence-corrected chi connectivity index (χ4v) is 2.66. The Morgan fingerprint density at radius 1 is 1.36 bits per heavy atom. The Bertz CT molecular complexity index is 255. The molecule has 0 radical (unpaired) electrons. The van der Waals surface area contributed by atoms with Gasteiger partial charge in [0, 0.05) is 0 Å². The van der Waals surface area contributed by atoms with Crippen LogP contribution in [0.5, 0.6) is 0 Å². The van der Waals surface area contributed by atoms with Crippen molar-refractivity contribution in [1.82, 2.24) is 0 Å². The summed E-state index contributed by atoms with van der Waals surface area (Å²) < 4.78 is 0. The summed E-state index contributed by atoms with van der Waals surface area (Å²) in [6.45, 7) is 10.6. The van der Waals surface area contributed by atoms with Crippen molar-refractivity contribution in [2.24, 2.45) is 11.8 Å². The van der Waals surface area contributed by atoms with E-state index in [1.54, 1.807) is 5.57 Å². The van der Waals surface area contributed by atoms with Gasteiger partial charge in [0.05, 0.1) is 0 Å². The Balaban J connectivity index is 2.98. The van der Waals surface area contributed by atoms with Gasteiger partial charge in [-0.15, -0.1) is 0 Å². The SMILES string of the molecule is C=C/C=C1\C(=C/C)C[C@@H](CC)[C@H]1CC. The molecule has 0 aliphatic heterocycles. The summed E-state index contributed by atoms with van der Waals surface area (Å²) in [6.07, 6.45) is 10.2. The molecule has 0 bridgehead atoms. The molecular weight excluding hydrogens is 168 g/mol. The molecule has 0 spiro atoms. The number of hydrogen-bond donors (Lipinski definition) is 0. The monoisotopic (exact) mass is 190 g/mol. The zero-order valence-corrected chi connectivity index (χ0v) is 9.72. The van der Waals surface area contributed by atoms with Crippen molar-refractivity contribution in [2.75, 3.05) is 0 Å². The summed E-state index contributed by atoms with van der Waals surface area (Å²) in [6, 6.07) is 0. The van der Waals surface area contributed by atoms with Crippen LogP contribution in [0, 0.1) is 11.8 Å². The Kier molecular flexibility index (Phi) is 4.19. The molecule has 0 aromatic rings. The molecule has 0 aromatic heterocycles. The average Bonchev–Trinajstić information content (AvgIpc) is 2.56. The van der Waals surface area contributed by atoms with E-state index < -0.39 is 0 Å². The van der Waals surface area contributed by atoms with E-state index in [1.165, 1.54) is 24.8 Å². The van der Waals surface area contributed by atoms with E-state index in [0.717, 1.165) is 11.8 Å². The van der Waals surface area contributed by atoms with Crippen LogP contribution < -0.4 is 0 Å². The van der Waals surface area contributed by atoms with E-state index >= 15 is 0 Å². The van der Waals surface area contributed by atoms with Gasteiger partial charge in [0.25, 0.3) is 0 Å². The predicted octanol–water partition coefficient (Wildman–Crippen LogP) is 4.50. The van der Waals surface area contributed by atoms with Crippen molar-refractivity contribution in [1.29, 1.82) is 0 Å². The first kappa shape index (κ1) is 11.3. The van der Waals surface area contributed by atoms with Crippen LogP contribution in [0.3, 0.4) is 0 Å². The molecule has 1 aliphatic carbocycles. The topological polar surface area (TPSA) is 0 Å². The van der Waals surface area contributed by atoms with Gasteiger partial charge in [-0.25, -0.2) is 0 Å². The third-order valence-corrected chi connectivity index (χ3v) is 3.43. The molecule has 1 aliphatic rings. The zero-order chi connectivity index (χ0) is 10.6. The lowest BCUT2D eigenvalue weighted by atomic mass is 9.89. The molecule has 0 amide bonds. The van der Waals surface area contributed by atoms with Crippen LogP contribution >= 0.6 is 0 Å². The number of hydrogen-bond acceptors (Lipinski definition) is 0. The summed E-state index contributed by atoms with van der Waals surface area (Å²) in [4.78, 5) is 0. The maximum atomic E-state index is 3.81. The number of allylic oxidation sites excluding steroid dienone is 5. The molecule has 0 saturated heterocycles. The fourth-order valence-electron chi connectivity index (χ4n) is 2.66. The van der Waals surface area contributed by atoms with Gasteiger partial charge in [0.1, 0.15) is 0 Å². The minimum atomic E-state index is 0.768. The lowest BCUT2D eigenvalue weighted by Gasteiger charge is -2.16. The standard InChI is InChI=1S/C14H22/c1-5-9-14-12(7-3)10-11(6-2)13(14)8-4/h5,7,9,11,13H,1,6,8,10H2,2-4H3/b12-7-,14-9+/t11-,13-/m1/s1. The van der Waals surface area contributed by atoms with Crippen molar-refractivity contribution in [3.05, 3.63) is 36.0 Å². The maximum Gasteiger partial charge on any atom is -0.0131 e. The third-order valence-electron chi connectivity index (χ3n) is 3.43. The average molecular weight is 190 g/mol. The van der Waals surface area contributed by atoms with E-state index in [-0.39, 0.29) is 0 Å². The lowest BCUT2D eigenvalue weighted by molar-refractivity contribution is 0.402. The van der Waals surface area contributed by atoms with Crippen molar-refractivity contribution in [2.45, 2.75) is 40.0 Å². The molecule has 0 nitrogen and oxygen atoms in total. The highest BCUT2D eigenvalue weighted by molar-refractivity contribution is 5.40. The fraction of sp³-hybridized carbons (Fsp3) is 0.571. The van der Waals surface area contributed by atoms with Gasteiger partial charge in [-0.2, -0.15) is 0 Å². The Hall–Kier alpha value is -0.780. The highest BCUT2D eigenvalue weighted by atomic mass is 14.4. The molecule has 78 valence electrons. The second-order valence-electron chi connectivity index (χ2n) is 4.06. The first-order chi connectivity index (χ1) is 6.78. The van der Waals surface area contributed by atoms with Gasteiger partial charge in [-0.3, -0.25) is 0 Å². The number of rotatable bonds is 3. The molecule has 1 rings (SSSR count). The van der Waals surface area contributed by atoms with Crippen molar-refractivity contribution >= 4 is 0 Å². The van der Waals surface area contributed by atoms with Crippen LogP contribution in [0.4, 0.5) is 0 Å². The van der Waals surface area contributed by atoms with Crippen LogP contribution in [-0.2, 0) is 0 Å². The summed E-state index contributed by atoms with van der Waals surface area (Å²) in [5.41, 5.74) is 3.08. The smallest absolute Gasteiger partial charge is 0.0131 e. The van der Waals surface area contributed by atoms with Crippen LogP contribution in [-0.4, -0.2) is 0 Å². The zero-order valence-electron chi connectivity index (χ0n) is 9.72. The molecule has 2 atom stereocenters. The highest BCUT2D eigenvalue weighted by Crippen LogP contribution is 2.44. The summed E-state index contributed by atoms with van der Waals surface area (Å²) in [5.74, 6) is 1.63. The first-order valence-corrected chi connectivity index (χ1v) is 5.76. The van der Waals surface area contributed by atoms with E-state index in [4.69, 9.17) is 0 Å². The van der Waals surface area contributed by atoms with E-state index in [2.05, 4.69) is 39.5 Å². The second-order valence-corrected chi connectivity index (χ2v) is 4.06. The van der Waals surface area contributed by atoms with Crippen molar-refractivity contribution < 1.29 is 0 Å². The van der Waals surface area contributed by atoms with Gasteiger partial charge in [0.15, 0.2) is 0 Å². The lowest BCUT2D eigenvalue weighted by Crippen LogP contribution is -2.06. The molecule has 0 unspecified atom stereocenters. The van der Waals surface area contributed by atoms with Gasteiger partial charge < -0.3 is 0 Å². The van der Waals surface area contributed by atoms with E-state index in [9.17, 15) is 0 Å². The molecule has 1 saturated carbocycles. The summed E-state index contributed by atoms with van der Waals surface area (Å²) in [5, 5.41) is 0. The normalized spacial score (nSPS) is 32.8. The Labute approximate surface area is 88.4 Å². The molecule has 0 aromatic carbocycles. The summed E-state index contributed by atoms with van der Waals surface area (Å²) >= 11 is 0. The Morgan fingerprint density at radius 2 is 2.07 bits per heavy atom. The largest absolute Gasteiger partial charge is 0.0991 e. The van der Waals surface area contributed by atoms with E-state index in [0.29, 0.717) is 0 Å².